The third-order valence-corrected chi connectivity index (χ3v) is 2.44. The molecule has 16 heavy (non-hydrogen) atoms. The normalized spacial score (nSPS) is 10.2. The Hall–Kier alpha value is -1.87. The largest absolute Gasteiger partial charge is 0.324 e. The number of nitrogens with one attached hydrogen (secondary N) is 1. The molecule has 0 fully saturated rings. The van der Waals surface area contributed by atoms with Gasteiger partial charge >= 0.3 is 0 Å². The minimum Gasteiger partial charge on any atom is -0.324 e. The number of nitrogens with zero attached hydrogens (tertiary/aromatic N) is 1. The van der Waals surface area contributed by atoms with E-state index >= 15 is 0 Å². The summed E-state index contributed by atoms with van der Waals surface area (Å²) in [6.45, 7) is 4.17. The maximum Gasteiger partial charge on any atom is 0.0723 e. The van der Waals surface area contributed by atoms with E-state index in [4.69, 9.17) is 5.84 Å². The number of aromatic nitrogens is 1. The second-order valence-corrected chi connectivity index (χ2v) is 3.95. The van der Waals surface area contributed by atoms with Gasteiger partial charge in [0.25, 0.3) is 0 Å². The van der Waals surface area contributed by atoms with Crippen LogP contribution in [0.2, 0.25) is 0 Å². The number of rotatable bonds is 2. The summed E-state index contributed by atoms with van der Waals surface area (Å²) in [5, 5.41) is 0. The number of aryl methyl sites for hydroxylation is 2. The monoisotopic (exact) mass is 213 g/mol. The predicted molar refractivity (Wildman–Crippen MR) is 67.0 cm³/mol. The average molecular weight is 213 g/mol. The van der Waals surface area contributed by atoms with Crippen molar-refractivity contribution in [3.05, 3.63) is 47.7 Å². The molecule has 3 N–H and O–H groups in total. The molecule has 2 rings (SSSR count). The molecule has 0 amide bonds. The van der Waals surface area contributed by atoms with Gasteiger partial charge in [0, 0.05) is 11.8 Å². The Bertz CT molecular complexity index is 486. The number of anilines is 1. The summed E-state index contributed by atoms with van der Waals surface area (Å²) in [5.41, 5.74) is 8.02. The van der Waals surface area contributed by atoms with Crippen LogP contribution in [0.5, 0.6) is 0 Å². The van der Waals surface area contributed by atoms with Crippen molar-refractivity contribution in [1.29, 1.82) is 0 Å². The van der Waals surface area contributed by atoms with Crippen LogP contribution in [0.15, 0.2) is 36.5 Å². The lowest BCUT2D eigenvalue weighted by atomic mass is 10.0. The zero-order valence-corrected chi connectivity index (χ0v) is 9.49. The van der Waals surface area contributed by atoms with Crippen LogP contribution in [-0.2, 0) is 0 Å². The SMILES string of the molecule is Cc1cc(C)cc(-c2cc(NN)ccn2)c1. The van der Waals surface area contributed by atoms with E-state index in [1.54, 1.807) is 6.20 Å². The first-order valence-electron chi connectivity index (χ1n) is 5.20. The molecule has 82 valence electrons. The van der Waals surface area contributed by atoms with E-state index in [1.807, 2.05) is 12.1 Å². The molecule has 0 spiro atoms. The average Bonchev–Trinajstić information content (AvgIpc) is 2.28. The third-order valence-electron chi connectivity index (χ3n) is 2.44. The molecule has 0 aliphatic carbocycles. The Labute approximate surface area is 95.3 Å². The van der Waals surface area contributed by atoms with Crippen LogP contribution < -0.4 is 11.3 Å². The fourth-order valence-electron chi connectivity index (χ4n) is 1.80. The zero-order chi connectivity index (χ0) is 11.5. The molecule has 0 unspecified atom stereocenters. The van der Waals surface area contributed by atoms with Crippen molar-refractivity contribution in [2.75, 3.05) is 5.43 Å². The summed E-state index contributed by atoms with van der Waals surface area (Å²) in [5.74, 6) is 5.38. The molecular formula is C13H15N3. The van der Waals surface area contributed by atoms with Crippen LogP contribution in [0, 0.1) is 13.8 Å². The molecule has 3 nitrogen and oxygen atoms in total. The minimum atomic E-state index is 0.865. The molecule has 3 heteroatoms. The van der Waals surface area contributed by atoms with Gasteiger partial charge in [-0.1, -0.05) is 17.2 Å². The highest BCUT2D eigenvalue weighted by Gasteiger charge is 2.01. The molecule has 2 aromatic rings. The van der Waals surface area contributed by atoms with Gasteiger partial charge in [-0.2, -0.15) is 0 Å². The third kappa shape index (κ3) is 2.20. The van der Waals surface area contributed by atoms with Crippen LogP contribution >= 0.6 is 0 Å². The molecule has 1 heterocycles. The van der Waals surface area contributed by atoms with Gasteiger partial charge < -0.3 is 5.43 Å². The van der Waals surface area contributed by atoms with Crippen LogP contribution in [0.3, 0.4) is 0 Å². The van der Waals surface area contributed by atoms with Crippen molar-refractivity contribution in [1.82, 2.24) is 4.98 Å². The van der Waals surface area contributed by atoms with Gasteiger partial charge in [-0.3, -0.25) is 10.8 Å². The molecule has 0 aliphatic heterocycles. The van der Waals surface area contributed by atoms with Crippen molar-refractivity contribution in [3.8, 4) is 11.3 Å². The number of hydrazine groups is 1. The second kappa shape index (κ2) is 4.33. The Morgan fingerprint density at radius 1 is 1.06 bits per heavy atom. The van der Waals surface area contributed by atoms with Gasteiger partial charge in [0.05, 0.1) is 11.4 Å². The highest BCUT2D eigenvalue weighted by Crippen LogP contribution is 2.22. The van der Waals surface area contributed by atoms with Crippen LogP contribution in [0.1, 0.15) is 11.1 Å². The summed E-state index contributed by atoms with van der Waals surface area (Å²) in [4.78, 5) is 4.34. The van der Waals surface area contributed by atoms with Gasteiger partial charge in [-0.15, -0.1) is 0 Å². The van der Waals surface area contributed by atoms with Gasteiger partial charge in [0.15, 0.2) is 0 Å². The second-order valence-electron chi connectivity index (χ2n) is 3.95. The molecule has 1 aromatic carbocycles. The standard InChI is InChI=1S/C13H15N3/c1-9-5-10(2)7-11(6-9)13-8-12(16-14)3-4-15-13/h3-8H,14H2,1-2H3,(H,15,16). The van der Waals surface area contributed by atoms with E-state index in [-0.39, 0.29) is 0 Å². The van der Waals surface area contributed by atoms with Crippen molar-refractivity contribution in [3.63, 3.8) is 0 Å². The van der Waals surface area contributed by atoms with Gasteiger partial charge in [-0.05, 0) is 38.1 Å². The fraction of sp³-hybridized carbons (Fsp3) is 0.154. The Balaban J connectivity index is 2.49. The molecule has 0 saturated heterocycles. The number of pyridine rings is 1. The lowest BCUT2D eigenvalue weighted by Gasteiger charge is -2.06. The lowest BCUT2D eigenvalue weighted by Crippen LogP contribution is -2.06. The summed E-state index contributed by atoms with van der Waals surface area (Å²) < 4.78 is 0. The molecule has 0 atom stereocenters. The number of nitrogens with two attached hydrogens (primary N) is 1. The number of benzene rings is 1. The van der Waals surface area contributed by atoms with Gasteiger partial charge in [-0.25, -0.2) is 0 Å². The summed E-state index contributed by atoms with van der Waals surface area (Å²) >= 11 is 0. The molecule has 0 bridgehead atoms. The zero-order valence-electron chi connectivity index (χ0n) is 9.49. The minimum absolute atomic E-state index is 0.865. The van der Waals surface area contributed by atoms with Crippen molar-refractivity contribution in [2.45, 2.75) is 13.8 Å². The fourth-order valence-corrected chi connectivity index (χ4v) is 1.80. The summed E-state index contributed by atoms with van der Waals surface area (Å²) in [6, 6.07) is 10.2. The van der Waals surface area contributed by atoms with E-state index in [0.717, 1.165) is 16.9 Å². The quantitative estimate of drug-likeness (QED) is 0.595. The summed E-state index contributed by atoms with van der Waals surface area (Å²) in [7, 11) is 0. The van der Waals surface area contributed by atoms with E-state index in [2.05, 4.69) is 42.5 Å². The molecule has 0 saturated carbocycles. The maximum absolute atomic E-state index is 5.38. The Kier molecular flexibility index (Phi) is 2.88. The summed E-state index contributed by atoms with van der Waals surface area (Å²) in [6.07, 6.45) is 1.75. The first kappa shape index (κ1) is 10.6. The van der Waals surface area contributed by atoms with Gasteiger partial charge in [0.1, 0.15) is 0 Å². The molecule has 1 aromatic heterocycles. The van der Waals surface area contributed by atoms with Crippen molar-refractivity contribution < 1.29 is 0 Å². The smallest absolute Gasteiger partial charge is 0.0723 e. The molecular weight excluding hydrogens is 198 g/mol. The first-order valence-corrected chi connectivity index (χ1v) is 5.20. The highest BCUT2D eigenvalue weighted by molar-refractivity contribution is 5.65. The van der Waals surface area contributed by atoms with Crippen molar-refractivity contribution >= 4 is 5.69 Å². The lowest BCUT2D eigenvalue weighted by molar-refractivity contribution is 1.27. The van der Waals surface area contributed by atoms with Crippen LogP contribution in [0.25, 0.3) is 11.3 Å². The molecule has 0 radical (unpaired) electrons. The van der Waals surface area contributed by atoms with E-state index < -0.39 is 0 Å². The maximum atomic E-state index is 5.38. The van der Waals surface area contributed by atoms with E-state index in [1.165, 1.54) is 11.1 Å². The topological polar surface area (TPSA) is 50.9 Å². The van der Waals surface area contributed by atoms with Crippen LogP contribution in [0.4, 0.5) is 5.69 Å². The molecule has 0 aliphatic rings. The number of hydrogen-bond donors (Lipinski definition) is 2. The van der Waals surface area contributed by atoms with E-state index in [9.17, 15) is 0 Å². The Morgan fingerprint density at radius 3 is 2.38 bits per heavy atom. The number of nitrogen functional groups attached to an aromatic ring is 1. The van der Waals surface area contributed by atoms with Crippen molar-refractivity contribution in [2.24, 2.45) is 5.84 Å². The Morgan fingerprint density at radius 2 is 1.75 bits per heavy atom. The van der Waals surface area contributed by atoms with Gasteiger partial charge in [0.2, 0.25) is 0 Å². The predicted octanol–water partition coefficient (Wildman–Crippen LogP) is 2.65. The first-order chi connectivity index (χ1) is 7.69. The number of hydrogen-bond acceptors (Lipinski definition) is 3. The van der Waals surface area contributed by atoms with E-state index in [0.29, 0.717) is 0 Å². The highest BCUT2D eigenvalue weighted by atomic mass is 15.2. The van der Waals surface area contributed by atoms with Crippen LogP contribution in [-0.4, -0.2) is 4.98 Å².